The molecule has 0 aromatic heterocycles. The lowest BCUT2D eigenvalue weighted by Gasteiger charge is -2.35. The Labute approximate surface area is 194 Å². The molecule has 1 aliphatic heterocycles. The number of allylic oxidation sites excluding steroid dienone is 1. The molecule has 2 aromatic carbocycles. The molecule has 0 saturated heterocycles. The minimum Gasteiger partial charge on any atom is -0.478 e. The fourth-order valence-corrected chi connectivity index (χ4v) is 3.74. The van der Waals surface area contributed by atoms with Crippen molar-refractivity contribution in [2.45, 2.75) is 19.5 Å². The van der Waals surface area contributed by atoms with Crippen LogP contribution in [0.3, 0.4) is 0 Å². The second-order valence-electron chi connectivity index (χ2n) is 7.23. The van der Waals surface area contributed by atoms with E-state index < -0.39 is 29.8 Å². The Morgan fingerprint density at radius 2 is 1.88 bits per heavy atom. The first kappa shape index (κ1) is 24.2. The summed E-state index contributed by atoms with van der Waals surface area (Å²) in [6.45, 7) is 1.73. The van der Waals surface area contributed by atoms with E-state index in [0.717, 1.165) is 0 Å². The molecular weight excluding hydrogens is 455 g/mol. The van der Waals surface area contributed by atoms with Crippen LogP contribution < -0.4 is 5.32 Å². The lowest BCUT2D eigenvalue weighted by molar-refractivity contribution is -0.140. The molecule has 0 fully saturated rings. The lowest BCUT2D eigenvalue weighted by Crippen LogP contribution is -2.48. The Hall–Kier alpha value is -3.43. The minimum atomic E-state index is -1.16. The predicted molar refractivity (Wildman–Crippen MR) is 117 cm³/mol. The lowest BCUT2D eigenvalue weighted by atomic mass is 9.94. The first-order chi connectivity index (χ1) is 15.7. The number of benzene rings is 2. The number of ether oxygens (including phenoxy) is 2. The van der Waals surface area contributed by atoms with Crippen molar-refractivity contribution in [2.24, 2.45) is 0 Å². The molecule has 1 atom stereocenters. The molecule has 1 aliphatic rings. The van der Waals surface area contributed by atoms with Gasteiger partial charge in [0, 0.05) is 23.4 Å². The average molecular weight is 477 g/mol. The van der Waals surface area contributed by atoms with Crippen molar-refractivity contribution in [1.82, 2.24) is 10.2 Å². The smallest absolute Gasteiger partial charge is 0.338 e. The number of carbonyl (C=O) groups excluding carboxylic acids is 2. The maximum atomic E-state index is 14.7. The number of hydrogen-bond donors (Lipinski definition) is 2. The number of carboxylic acids is 1. The van der Waals surface area contributed by atoms with Gasteiger partial charge in [-0.2, -0.15) is 0 Å². The third-order valence-electron chi connectivity index (χ3n) is 5.17. The van der Waals surface area contributed by atoms with E-state index in [2.05, 4.69) is 5.32 Å². The normalized spacial score (nSPS) is 15.9. The molecule has 2 N–H and O–H groups in total. The fourth-order valence-electron chi connectivity index (χ4n) is 3.47. The Bertz CT molecular complexity index is 1080. The molecule has 2 aromatic rings. The number of nitrogens with zero attached hydrogens (tertiary/aromatic N) is 1. The number of aromatic carboxylic acids is 1. The number of esters is 1. The van der Waals surface area contributed by atoms with Crippen molar-refractivity contribution in [3.05, 3.63) is 81.3 Å². The van der Waals surface area contributed by atoms with Crippen LogP contribution in [0, 0.1) is 5.82 Å². The van der Waals surface area contributed by atoms with Gasteiger partial charge in [-0.25, -0.2) is 18.8 Å². The van der Waals surface area contributed by atoms with E-state index in [4.69, 9.17) is 26.2 Å². The van der Waals surface area contributed by atoms with Gasteiger partial charge in [0.1, 0.15) is 12.4 Å². The summed E-state index contributed by atoms with van der Waals surface area (Å²) in [5.41, 5.74) is 0.971. The standard InChI is InChI=1S/C23H22ClFN2O6/c1-13-18(22(30)33-11-10-32-2)20(19-16(24)4-3-5-17(19)25)26-23(31)27(13)12-14-6-8-15(9-7-14)21(28)29/h3-9,20H,10-12H2,1-2H3,(H,26,31)(H,28,29). The zero-order valence-corrected chi connectivity index (χ0v) is 18.7. The summed E-state index contributed by atoms with van der Waals surface area (Å²) in [4.78, 5) is 38.3. The number of halogens is 2. The van der Waals surface area contributed by atoms with Gasteiger partial charge >= 0.3 is 18.0 Å². The number of amides is 2. The highest BCUT2D eigenvalue weighted by molar-refractivity contribution is 6.31. The first-order valence-corrected chi connectivity index (χ1v) is 10.3. The van der Waals surface area contributed by atoms with E-state index in [1.807, 2.05) is 0 Å². The zero-order valence-electron chi connectivity index (χ0n) is 17.9. The molecule has 10 heteroatoms. The van der Waals surface area contributed by atoms with Crippen LogP contribution in [-0.4, -0.2) is 48.3 Å². The summed E-state index contributed by atoms with van der Waals surface area (Å²) in [7, 11) is 1.46. The number of hydrogen-bond acceptors (Lipinski definition) is 5. The van der Waals surface area contributed by atoms with Gasteiger partial charge in [-0.3, -0.25) is 4.90 Å². The van der Waals surface area contributed by atoms with Crippen LogP contribution in [-0.2, 0) is 20.8 Å². The molecule has 3 rings (SSSR count). The van der Waals surface area contributed by atoms with Crippen molar-refractivity contribution in [1.29, 1.82) is 0 Å². The highest BCUT2D eigenvalue weighted by Gasteiger charge is 2.38. The molecule has 1 unspecified atom stereocenters. The van der Waals surface area contributed by atoms with Crippen LogP contribution in [0.15, 0.2) is 53.7 Å². The summed E-state index contributed by atoms with van der Waals surface area (Å²) < 4.78 is 24.9. The summed E-state index contributed by atoms with van der Waals surface area (Å²) in [5.74, 6) is -2.50. The van der Waals surface area contributed by atoms with E-state index in [9.17, 15) is 18.8 Å². The first-order valence-electron chi connectivity index (χ1n) is 9.95. The summed E-state index contributed by atoms with van der Waals surface area (Å²) in [6, 6.07) is 8.31. The Morgan fingerprint density at radius 1 is 1.18 bits per heavy atom. The van der Waals surface area contributed by atoms with E-state index in [-0.39, 0.29) is 47.2 Å². The molecule has 0 bridgehead atoms. The third kappa shape index (κ3) is 5.32. The molecule has 0 saturated carbocycles. The highest BCUT2D eigenvalue weighted by atomic mass is 35.5. The number of methoxy groups -OCH3 is 1. The summed E-state index contributed by atoms with van der Waals surface area (Å²) >= 11 is 6.21. The number of carboxylic acid groups (broad SMARTS) is 1. The highest BCUT2D eigenvalue weighted by Crippen LogP contribution is 2.36. The maximum Gasteiger partial charge on any atom is 0.338 e. The van der Waals surface area contributed by atoms with Crippen LogP contribution in [0.4, 0.5) is 9.18 Å². The Balaban J connectivity index is 2.01. The van der Waals surface area contributed by atoms with E-state index in [1.54, 1.807) is 19.1 Å². The average Bonchev–Trinajstić information content (AvgIpc) is 2.77. The van der Waals surface area contributed by atoms with Crippen molar-refractivity contribution >= 4 is 29.6 Å². The number of rotatable bonds is 8. The third-order valence-corrected chi connectivity index (χ3v) is 5.50. The summed E-state index contributed by atoms with van der Waals surface area (Å²) in [6.07, 6.45) is 0. The second-order valence-corrected chi connectivity index (χ2v) is 7.64. The van der Waals surface area contributed by atoms with Gasteiger partial charge in [-0.15, -0.1) is 0 Å². The fraction of sp³-hybridized carbons (Fsp3) is 0.261. The molecule has 174 valence electrons. The van der Waals surface area contributed by atoms with Gasteiger partial charge in [0.05, 0.1) is 30.3 Å². The van der Waals surface area contributed by atoms with Gasteiger partial charge in [0.2, 0.25) is 0 Å². The zero-order chi connectivity index (χ0) is 24.1. The van der Waals surface area contributed by atoms with Crippen LogP contribution in [0.5, 0.6) is 0 Å². The Kier molecular flexibility index (Phi) is 7.67. The van der Waals surface area contributed by atoms with E-state index >= 15 is 0 Å². The van der Waals surface area contributed by atoms with Crippen LogP contribution in [0.1, 0.15) is 34.5 Å². The second kappa shape index (κ2) is 10.5. The van der Waals surface area contributed by atoms with Gasteiger partial charge in [-0.05, 0) is 36.8 Å². The van der Waals surface area contributed by atoms with Crippen LogP contribution in [0.25, 0.3) is 0 Å². The maximum absolute atomic E-state index is 14.7. The molecule has 0 aliphatic carbocycles. The number of urea groups is 1. The van der Waals surface area contributed by atoms with E-state index in [1.165, 1.54) is 42.3 Å². The quantitative estimate of drug-likeness (QED) is 0.442. The van der Waals surface area contributed by atoms with Crippen molar-refractivity contribution < 1.29 is 33.4 Å². The van der Waals surface area contributed by atoms with E-state index in [0.29, 0.717) is 5.56 Å². The van der Waals surface area contributed by atoms with Gasteiger partial charge in [0.25, 0.3) is 0 Å². The number of carbonyl (C=O) groups is 3. The SMILES string of the molecule is COCCOC(=O)C1=C(C)N(Cc2ccc(C(=O)O)cc2)C(=O)NC1c1c(F)cccc1Cl. The van der Waals surface area contributed by atoms with Crippen LogP contribution in [0.2, 0.25) is 5.02 Å². The largest absolute Gasteiger partial charge is 0.478 e. The van der Waals surface area contributed by atoms with Crippen molar-refractivity contribution in [2.75, 3.05) is 20.3 Å². The Morgan fingerprint density at radius 3 is 2.48 bits per heavy atom. The molecule has 8 nitrogen and oxygen atoms in total. The molecule has 2 amide bonds. The predicted octanol–water partition coefficient (Wildman–Crippen LogP) is 3.91. The molecule has 33 heavy (non-hydrogen) atoms. The van der Waals surface area contributed by atoms with Crippen LogP contribution >= 0.6 is 11.6 Å². The minimum absolute atomic E-state index is 0.0276. The molecular formula is C23H22ClFN2O6. The molecule has 0 radical (unpaired) electrons. The topological polar surface area (TPSA) is 105 Å². The molecule has 0 spiro atoms. The molecule has 1 heterocycles. The monoisotopic (exact) mass is 476 g/mol. The van der Waals surface area contributed by atoms with Gasteiger partial charge < -0.3 is 19.9 Å². The van der Waals surface area contributed by atoms with Crippen molar-refractivity contribution in [3.8, 4) is 0 Å². The van der Waals surface area contributed by atoms with Gasteiger partial charge in [-0.1, -0.05) is 29.8 Å². The summed E-state index contributed by atoms with van der Waals surface area (Å²) in [5, 5.41) is 11.8. The van der Waals surface area contributed by atoms with Gasteiger partial charge in [0.15, 0.2) is 0 Å². The number of nitrogens with one attached hydrogen (secondary N) is 1. The van der Waals surface area contributed by atoms with Crippen molar-refractivity contribution in [3.63, 3.8) is 0 Å².